The lowest BCUT2D eigenvalue weighted by Crippen LogP contribution is -2.14. The van der Waals surface area contributed by atoms with E-state index in [2.05, 4.69) is 20.6 Å². The highest BCUT2D eigenvalue weighted by atomic mass is 35.5. The van der Waals surface area contributed by atoms with Crippen molar-refractivity contribution in [1.29, 1.82) is 0 Å². The monoisotopic (exact) mass is 280 g/mol. The van der Waals surface area contributed by atoms with Gasteiger partial charge in [-0.25, -0.2) is 4.98 Å². The minimum absolute atomic E-state index is 0.202. The molecule has 0 unspecified atom stereocenters. The zero-order chi connectivity index (χ0) is 13.8. The lowest BCUT2D eigenvalue weighted by Gasteiger charge is -2.07. The van der Waals surface area contributed by atoms with E-state index >= 15 is 0 Å². The highest BCUT2D eigenvalue weighted by Crippen LogP contribution is 2.23. The fourth-order valence-corrected chi connectivity index (χ4v) is 1.75. The molecular weight excluding hydrogens is 268 g/mol. The molecule has 0 spiro atoms. The molecule has 0 saturated carbocycles. The molecule has 0 aliphatic rings. The van der Waals surface area contributed by atoms with Crippen LogP contribution in [0.5, 0.6) is 0 Å². The number of pyridine rings is 1. The summed E-state index contributed by atoms with van der Waals surface area (Å²) >= 11 is 5.93. The molecular formula is C11H13ClN6O. The normalized spacial score (nSPS) is 10.5. The van der Waals surface area contributed by atoms with Crippen LogP contribution in [-0.4, -0.2) is 32.4 Å². The van der Waals surface area contributed by atoms with Crippen LogP contribution in [0.2, 0.25) is 5.15 Å². The van der Waals surface area contributed by atoms with Gasteiger partial charge >= 0.3 is 0 Å². The van der Waals surface area contributed by atoms with Crippen molar-refractivity contribution in [2.24, 2.45) is 5.73 Å². The number of rotatable bonds is 4. The molecule has 100 valence electrons. The van der Waals surface area contributed by atoms with E-state index < -0.39 is 0 Å². The lowest BCUT2D eigenvalue weighted by molar-refractivity contribution is 0.102. The molecule has 0 radical (unpaired) electrons. The van der Waals surface area contributed by atoms with E-state index in [0.717, 1.165) is 5.56 Å². The average Bonchev–Trinajstić information content (AvgIpc) is 2.83. The maximum Gasteiger partial charge on any atom is 0.277 e. The number of nitrogens with two attached hydrogens (primary N) is 1. The Morgan fingerprint density at radius 2 is 2.37 bits per heavy atom. The Balaban J connectivity index is 2.16. The van der Waals surface area contributed by atoms with Crippen molar-refractivity contribution in [1.82, 2.24) is 20.0 Å². The van der Waals surface area contributed by atoms with Gasteiger partial charge in [0, 0.05) is 12.7 Å². The number of aryl methyl sites for hydroxylation is 1. The predicted molar refractivity (Wildman–Crippen MR) is 71.0 cm³/mol. The average molecular weight is 281 g/mol. The van der Waals surface area contributed by atoms with Crippen molar-refractivity contribution in [3.8, 4) is 0 Å². The van der Waals surface area contributed by atoms with Gasteiger partial charge in [0.15, 0.2) is 10.8 Å². The van der Waals surface area contributed by atoms with Crippen molar-refractivity contribution in [3.05, 3.63) is 34.9 Å². The van der Waals surface area contributed by atoms with Crippen LogP contribution >= 0.6 is 11.6 Å². The molecule has 0 bridgehead atoms. The number of carbonyl (C=O) groups is 1. The summed E-state index contributed by atoms with van der Waals surface area (Å²) in [5, 5.41) is 10.5. The van der Waals surface area contributed by atoms with Crippen LogP contribution < -0.4 is 11.1 Å². The topological polar surface area (TPSA) is 98.7 Å². The quantitative estimate of drug-likeness (QED) is 0.809. The molecule has 3 N–H and O–H groups in total. The number of hydrogen-bond acceptors (Lipinski definition) is 5. The first-order valence-electron chi connectivity index (χ1n) is 5.64. The number of aromatic nitrogens is 4. The van der Waals surface area contributed by atoms with Gasteiger partial charge < -0.3 is 11.1 Å². The van der Waals surface area contributed by atoms with Crippen molar-refractivity contribution in [2.75, 3.05) is 11.9 Å². The van der Waals surface area contributed by atoms with Crippen molar-refractivity contribution in [2.45, 2.75) is 13.5 Å². The molecule has 2 heterocycles. The third kappa shape index (κ3) is 3.07. The van der Waals surface area contributed by atoms with Crippen molar-refractivity contribution in [3.63, 3.8) is 0 Å². The highest BCUT2D eigenvalue weighted by Gasteiger charge is 2.14. The SMILES string of the molecule is Cc1ccnc(Cl)c1NC(=O)c1cn(CCN)nn1. The molecule has 0 saturated heterocycles. The van der Waals surface area contributed by atoms with Gasteiger partial charge in [0.05, 0.1) is 18.4 Å². The van der Waals surface area contributed by atoms with Gasteiger partial charge in [0.2, 0.25) is 0 Å². The second kappa shape index (κ2) is 5.77. The molecule has 2 aromatic rings. The second-order valence-electron chi connectivity index (χ2n) is 3.90. The lowest BCUT2D eigenvalue weighted by atomic mass is 10.2. The highest BCUT2D eigenvalue weighted by molar-refractivity contribution is 6.32. The molecule has 1 amide bonds. The maximum absolute atomic E-state index is 12.0. The van der Waals surface area contributed by atoms with E-state index in [9.17, 15) is 4.79 Å². The van der Waals surface area contributed by atoms with Gasteiger partial charge in [0.25, 0.3) is 5.91 Å². The Morgan fingerprint density at radius 1 is 1.58 bits per heavy atom. The molecule has 0 aliphatic carbocycles. The van der Waals surface area contributed by atoms with Crippen LogP contribution in [0.15, 0.2) is 18.5 Å². The zero-order valence-electron chi connectivity index (χ0n) is 10.3. The Labute approximate surface area is 114 Å². The van der Waals surface area contributed by atoms with E-state index in [0.29, 0.717) is 18.8 Å². The Hall–Kier alpha value is -1.99. The van der Waals surface area contributed by atoms with E-state index in [4.69, 9.17) is 17.3 Å². The Bertz CT molecular complexity index is 576. The zero-order valence-corrected chi connectivity index (χ0v) is 11.1. The van der Waals surface area contributed by atoms with E-state index in [1.54, 1.807) is 12.3 Å². The minimum atomic E-state index is -0.388. The first-order valence-corrected chi connectivity index (χ1v) is 6.02. The third-order valence-electron chi connectivity index (χ3n) is 2.48. The van der Waals surface area contributed by atoms with Crippen LogP contribution in [0.25, 0.3) is 0 Å². The Morgan fingerprint density at radius 3 is 3.05 bits per heavy atom. The van der Waals surface area contributed by atoms with Crippen LogP contribution in [0.4, 0.5) is 5.69 Å². The molecule has 2 aromatic heterocycles. The smallest absolute Gasteiger partial charge is 0.277 e. The number of carbonyl (C=O) groups excluding carboxylic acids is 1. The van der Waals surface area contributed by atoms with Gasteiger partial charge in [-0.05, 0) is 18.6 Å². The summed E-state index contributed by atoms with van der Waals surface area (Å²) in [4.78, 5) is 15.9. The Kier molecular flexibility index (Phi) is 4.08. The first-order chi connectivity index (χ1) is 9.11. The maximum atomic E-state index is 12.0. The molecule has 2 rings (SSSR count). The van der Waals surface area contributed by atoms with Crippen LogP contribution in [0, 0.1) is 6.92 Å². The summed E-state index contributed by atoms with van der Waals surface area (Å²) in [5.74, 6) is -0.388. The standard InChI is InChI=1S/C11H13ClN6O/c1-7-2-4-14-10(12)9(7)15-11(19)8-6-18(5-3-13)17-16-8/h2,4,6H,3,5,13H2,1H3,(H,15,19). The number of halogens is 1. The first kappa shape index (κ1) is 13.4. The van der Waals surface area contributed by atoms with Gasteiger partial charge in [0.1, 0.15) is 0 Å². The summed E-state index contributed by atoms with van der Waals surface area (Å²) < 4.78 is 1.51. The fourth-order valence-electron chi connectivity index (χ4n) is 1.50. The van der Waals surface area contributed by atoms with Crippen molar-refractivity contribution >= 4 is 23.2 Å². The van der Waals surface area contributed by atoms with Crippen molar-refractivity contribution < 1.29 is 4.79 Å². The van der Waals surface area contributed by atoms with Crippen LogP contribution in [0.1, 0.15) is 16.1 Å². The molecule has 8 heteroatoms. The number of amides is 1. The van der Waals surface area contributed by atoms with Gasteiger partial charge in [-0.3, -0.25) is 9.48 Å². The summed E-state index contributed by atoms with van der Waals surface area (Å²) in [6, 6.07) is 1.76. The number of nitrogens with one attached hydrogen (secondary N) is 1. The van der Waals surface area contributed by atoms with E-state index in [1.807, 2.05) is 6.92 Å². The largest absolute Gasteiger partial charge is 0.329 e. The molecule has 0 fully saturated rings. The van der Waals surface area contributed by atoms with Gasteiger partial charge in [-0.2, -0.15) is 0 Å². The summed E-state index contributed by atoms with van der Waals surface area (Å²) in [7, 11) is 0. The molecule has 0 aliphatic heterocycles. The number of anilines is 1. The number of hydrogen-bond donors (Lipinski definition) is 2. The molecule has 0 aromatic carbocycles. The fraction of sp³-hybridized carbons (Fsp3) is 0.273. The minimum Gasteiger partial charge on any atom is -0.329 e. The number of nitrogens with zero attached hydrogens (tertiary/aromatic N) is 4. The predicted octanol–water partition coefficient (Wildman–Crippen LogP) is 0.846. The van der Waals surface area contributed by atoms with Crippen LogP contribution in [0.3, 0.4) is 0 Å². The molecule has 19 heavy (non-hydrogen) atoms. The summed E-state index contributed by atoms with van der Waals surface area (Å²) in [6.07, 6.45) is 3.10. The summed E-state index contributed by atoms with van der Waals surface area (Å²) in [5.41, 5.74) is 6.89. The molecule has 7 nitrogen and oxygen atoms in total. The summed E-state index contributed by atoms with van der Waals surface area (Å²) in [6.45, 7) is 2.76. The van der Waals surface area contributed by atoms with Gasteiger partial charge in [-0.1, -0.05) is 16.8 Å². The molecule has 0 atom stereocenters. The van der Waals surface area contributed by atoms with Gasteiger partial charge in [-0.15, -0.1) is 5.10 Å². The van der Waals surface area contributed by atoms with Crippen LogP contribution in [-0.2, 0) is 6.54 Å². The second-order valence-corrected chi connectivity index (χ2v) is 4.26. The van der Waals surface area contributed by atoms with E-state index in [1.165, 1.54) is 10.9 Å². The van der Waals surface area contributed by atoms with E-state index in [-0.39, 0.29) is 16.8 Å². The third-order valence-corrected chi connectivity index (χ3v) is 2.77.